The minimum absolute atomic E-state index is 0.0175. The highest BCUT2D eigenvalue weighted by atomic mass is 19.4. The first-order valence-electron chi connectivity index (χ1n) is 13.9. The van der Waals surface area contributed by atoms with Crippen LogP contribution in [-0.4, -0.2) is 68.3 Å². The van der Waals surface area contributed by atoms with Crippen molar-refractivity contribution in [2.24, 2.45) is 7.05 Å². The van der Waals surface area contributed by atoms with E-state index < -0.39 is 52.7 Å². The Morgan fingerprint density at radius 3 is 2.38 bits per heavy atom. The summed E-state index contributed by atoms with van der Waals surface area (Å²) in [6.07, 6.45) is -3.71. The van der Waals surface area contributed by atoms with Gasteiger partial charge < -0.3 is 25.6 Å². The van der Waals surface area contributed by atoms with E-state index in [1.165, 1.54) is 49.7 Å². The number of alkyl halides is 3. The zero-order valence-electron chi connectivity index (χ0n) is 24.8. The number of fused-ring (bicyclic) bond motifs is 2. The van der Waals surface area contributed by atoms with Crippen molar-refractivity contribution in [1.82, 2.24) is 25.4 Å². The fourth-order valence-electron chi connectivity index (χ4n) is 5.01. The highest BCUT2D eigenvalue weighted by Crippen LogP contribution is 2.48. The molecular weight excluding hydrogens is 598 g/mol. The zero-order valence-corrected chi connectivity index (χ0v) is 24.8. The van der Waals surface area contributed by atoms with Gasteiger partial charge in [-0.1, -0.05) is 0 Å². The van der Waals surface area contributed by atoms with Crippen LogP contribution in [0.5, 0.6) is 5.75 Å². The number of aryl methyl sites for hydroxylation is 1. The predicted molar refractivity (Wildman–Crippen MR) is 155 cm³/mol. The van der Waals surface area contributed by atoms with E-state index in [2.05, 4.69) is 20.7 Å². The lowest BCUT2D eigenvalue weighted by atomic mass is 9.81. The fraction of sp³-hybridized carbons (Fsp3) is 0.355. The lowest BCUT2D eigenvalue weighted by Crippen LogP contribution is -2.52. The number of benzene rings is 2. The molecule has 10 nitrogen and oxygen atoms in total. The van der Waals surface area contributed by atoms with Gasteiger partial charge in [-0.15, -0.1) is 0 Å². The van der Waals surface area contributed by atoms with Crippen LogP contribution in [0.15, 0.2) is 54.7 Å². The standard InChI is InChI=1S/C31H31F4N5O5/c1-28(2,43)14-37-27(42)29(3)16-45-25-21(29)12-23(38-24(25)17-5-8-20(32)9-6-17)30(44,31(33,34)35)15-36-26(41)18-7-10-22-19(11-18)13-40(4)39-22/h5-13,43-44H,14-16H2,1-4H3,(H,36,41)(H,37,42)/t29-,30?/m0/s1. The first-order chi connectivity index (χ1) is 20.9. The SMILES string of the molecule is Cn1cc2cc(C(=O)NCC(O)(c3cc4c(c(-c5ccc(F)cc5)n3)OC[C@]4(C)C(=O)NCC(C)(C)O)C(F)(F)F)ccc2n1. The topological polar surface area (TPSA) is 139 Å². The molecular formula is C31H31F4N5O5. The van der Waals surface area contributed by atoms with Crippen LogP contribution in [0.2, 0.25) is 0 Å². The molecule has 2 aromatic carbocycles. The number of halogens is 4. The Balaban J connectivity index is 1.58. The van der Waals surface area contributed by atoms with Crippen LogP contribution in [0.3, 0.4) is 0 Å². The number of carbonyl (C=O) groups excluding carboxylic acids is 2. The molecule has 2 amide bonds. The van der Waals surface area contributed by atoms with Gasteiger partial charge in [-0.3, -0.25) is 14.3 Å². The molecule has 0 aliphatic carbocycles. The van der Waals surface area contributed by atoms with Crippen LogP contribution in [0.25, 0.3) is 22.2 Å². The first kappa shape index (κ1) is 31.9. The van der Waals surface area contributed by atoms with Crippen LogP contribution >= 0.6 is 0 Å². The number of ether oxygens (including phenoxy) is 1. The third-order valence-electron chi connectivity index (χ3n) is 7.65. The van der Waals surface area contributed by atoms with Gasteiger partial charge in [0.1, 0.15) is 29.3 Å². The molecule has 0 spiro atoms. The molecule has 4 aromatic rings. The van der Waals surface area contributed by atoms with E-state index in [0.29, 0.717) is 10.9 Å². The second kappa shape index (κ2) is 11.1. The van der Waals surface area contributed by atoms with Crippen molar-refractivity contribution in [3.05, 3.63) is 77.4 Å². The van der Waals surface area contributed by atoms with Crippen LogP contribution in [0, 0.1) is 5.82 Å². The lowest BCUT2D eigenvalue weighted by molar-refractivity contribution is -0.265. The van der Waals surface area contributed by atoms with Crippen molar-refractivity contribution in [2.45, 2.75) is 43.6 Å². The molecule has 1 aliphatic heterocycles. The van der Waals surface area contributed by atoms with E-state index >= 15 is 0 Å². The van der Waals surface area contributed by atoms with Gasteiger partial charge in [-0.2, -0.15) is 18.3 Å². The van der Waals surface area contributed by atoms with Crippen LogP contribution < -0.4 is 15.4 Å². The lowest BCUT2D eigenvalue weighted by Gasteiger charge is -2.32. The van der Waals surface area contributed by atoms with Crippen molar-refractivity contribution in [3.8, 4) is 17.0 Å². The molecule has 0 radical (unpaired) electrons. The number of hydrogen-bond donors (Lipinski definition) is 4. The zero-order chi connectivity index (χ0) is 32.9. The van der Waals surface area contributed by atoms with E-state index in [4.69, 9.17) is 4.74 Å². The van der Waals surface area contributed by atoms with Crippen molar-refractivity contribution in [2.75, 3.05) is 19.7 Å². The maximum Gasteiger partial charge on any atom is 0.424 e. The van der Waals surface area contributed by atoms with Crippen LogP contribution in [-0.2, 0) is 22.9 Å². The number of nitrogens with one attached hydrogen (secondary N) is 2. The van der Waals surface area contributed by atoms with Gasteiger partial charge in [0, 0.05) is 41.9 Å². The Morgan fingerprint density at radius 1 is 1.04 bits per heavy atom. The number of pyridine rings is 1. The van der Waals surface area contributed by atoms with Gasteiger partial charge in [0.2, 0.25) is 11.5 Å². The van der Waals surface area contributed by atoms with Crippen LogP contribution in [0.1, 0.15) is 42.4 Å². The van der Waals surface area contributed by atoms with Crippen LogP contribution in [0.4, 0.5) is 17.6 Å². The van der Waals surface area contributed by atoms with Gasteiger partial charge in [-0.25, -0.2) is 9.37 Å². The van der Waals surface area contributed by atoms with Crippen molar-refractivity contribution in [3.63, 3.8) is 0 Å². The average molecular weight is 630 g/mol. The Hall–Kier alpha value is -4.56. The summed E-state index contributed by atoms with van der Waals surface area (Å²) in [5.41, 5.74) is -6.90. The summed E-state index contributed by atoms with van der Waals surface area (Å²) in [5.74, 6) is -2.17. The number of rotatable bonds is 8. The van der Waals surface area contributed by atoms with E-state index in [0.717, 1.165) is 18.2 Å². The largest absolute Gasteiger partial charge is 0.489 e. The second-order valence-corrected chi connectivity index (χ2v) is 12.0. The Labute approximate surface area is 255 Å². The van der Waals surface area contributed by atoms with E-state index in [1.807, 2.05) is 0 Å². The highest BCUT2D eigenvalue weighted by Gasteiger charge is 2.58. The fourth-order valence-corrected chi connectivity index (χ4v) is 5.01. The number of hydrogen-bond acceptors (Lipinski definition) is 7. The monoisotopic (exact) mass is 629 g/mol. The molecule has 14 heteroatoms. The molecule has 1 unspecified atom stereocenters. The minimum atomic E-state index is -5.35. The maximum atomic E-state index is 14.8. The van der Waals surface area contributed by atoms with Crippen molar-refractivity contribution in [1.29, 1.82) is 0 Å². The molecule has 4 N–H and O–H groups in total. The number of carbonyl (C=O) groups is 2. The molecule has 0 saturated carbocycles. The molecule has 2 atom stereocenters. The molecule has 0 bridgehead atoms. The molecule has 5 rings (SSSR count). The summed E-state index contributed by atoms with van der Waals surface area (Å²) in [7, 11) is 1.68. The summed E-state index contributed by atoms with van der Waals surface area (Å²) in [6.45, 7) is 2.60. The molecule has 2 aromatic heterocycles. The molecule has 0 saturated heterocycles. The van der Waals surface area contributed by atoms with Gasteiger partial charge in [0.25, 0.3) is 5.91 Å². The highest BCUT2D eigenvalue weighted by molar-refractivity contribution is 5.98. The summed E-state index contributed by atoms with van der Waals surface area (Å²) < 4.78 is 65.4. The quantitative estimate of drug-likeness (QED) is 0.219. The van der Waals surface area contributed by atoms with E-state index in [-0.39, 0.29) is 41.3 Å². The van der Waals surface area contributed by atoms with E-state index in [1.54, 1.807) is 19.3 Å². The molecule has 3 heterocycles. The second-order valence-electron chi connectivity index (χ2n) is 12.0. The number of aromatic nitrogens is 3. The van der Waals surface area contributed by atoms with Crippen molar-refractivity contribution < 1.29 is 42.1 Å². The Morgan fingerprint density at radius 2 is 1.73 bits per heavy atom. The molecule has 45 heavy (non-hydrogen) atoms. The number of aliphatic hydroxyl groups is 2. The smallest absolute Gasteiger partial charge is 0.424 e. The maximum absolute atomic E-state index is 14.8. The molecule has 238 valence electrons. The molecule has 1 aliphatic rings. The van der Waals surface area contributed by atoms with E-state index in [9.17, 15) is 37.4 Å². The van der Waals surface area contributed by atoms with Crippen molar-refractivity contribution >= 4 is 22.7 Å². The minimum Gasteiger partial charge on any atom is -0.489 e. The summed E-state index contributed by atoms with van der Waals surface area (Å²) in [5, 5.41) is 30.9. The normalized spacial score (nSPS) is 17.8. The summed E-state index contributed by atoms with van der Waals surface area (Å²) in [6, 6.07) is 10.0. The van der Waals surface area contributed by atoms with Gasteiger partial charge in [0.05, 0.1) is 23.4 Å². The third kappa shape index (κ3) is 6.07. The average Bonchev–Trinajstić information content (AvgIpc) is 3.52. The third-order valence-corrected chi connectivity index (χ3v) is 7.65. The Kier molecular flexibility index (Phi) is 7.86. The van der Waals surface area contributed by atoms with Gasteiger partial charge in [-0.05, 0) is 69.3 Å². The summed E-state index contributed by atoms with van der Waals surface area (Å²) in [4.78, 5) is 30.5. The predicted octanol–water partition coefficient (Wildman–Crippen LogP) is 3.49. The first-order valence-corrected chi connectivity index (χ1v) is 13.9. The summed E-state index contributed by atoms with van der Waals surface area (Å²) >= 11 is 0. The Bertz CT molecular complexity index is 1780. The van der Waals surface area contributed by atoms with Gasteiger partial charge >= 0.3 is 6.18 Å². The number of nitrogens with zero attached hydrogens (tertiary/aromatic N) is 3. The van der Waals surface area contributed by atoms with Gasteiger partial charge in [0.15, 0.2) is 0 Å². The number of amides is 2. The molecule has 0 fully saturated rings.